The summed E-state index contributed by atoms with van der Waals surface area (Å²) < 4.78 is 25.1. The van der Waals surface area contributed by atoms with E-state index in [4.69, 9.17) is 0 Å². The number of nitrogens with zero attached hydrogens (tertiary/aromatic N) is 3. The molecule has 0 aliphatic heterocycles. The number of alkyl halides is 3. The molecule has 6 heteroatoms. The highest BCUT2D eigenvalue weighted by atomic mass is 79.9. The molecule has 0 spiro atoms. The lowest BCUT2D eigenvalue weighted by molar-refractivity contribution is 0.155. The molecule has 1 heterocycles. The molecule has 3 nitrogen and oxygen atoms in total. The number of hydrogen-bond acceptors (Lipinski definition) is 3. The van der Waals surface area contributed by atoms with Gasteiger partial charge in [-0.2, -0.15) is 0 Å². The Morgan fingerprint density at radius 1 is 1.33 bits per heavy atom. The van der Waals surface area contributed by atoms with Crippen molar-refractivity contribution in [2.45, 2.75) is 33.1 Å². The van der Waals surface area contributed by atoms with Gasteiger partial charge in [0.2, 0.25) is 0 Å². The smallest absolute Gasteiger partial charge is 0.255 e. The fraction of sp³-hybridized carbons (Fsp3) is 0.667. The van der Waals surface area contributed by atoms with Gasteiger partial charge >= 0.3 is 0 Å². The minimum Gasteiger partial charge on any atom is -0.350 e. The number of aryl methyl sites for hydroxylation is 1. The highest BCUT2D eigenvalue weighted by Crippen LogP contribution is 2.18. The molecule has 0 aromatic carbocycles. The zero-order chi connectivity index (χ0) is 13.7. The van der Waals surface area contributed by atoms with Crippen molar-refractivity contribution >= 4 is 21.7 Å². The van der Waals surface area contributed by atoms with Crippen LogP contribution in [0.25, 0.3) is 0 Å². The lowest BCUT2D eigenvalue weighted by Crippen LogP contribution is -2.31. The predicted octanol–water partition coefficient (Wildman–Crippen LogP) is 3.37. The average Bonchev–Trinajstić information content (AvgIpc) is 2.27. The Morgan fingerprint density at radius 2 is 2.00 bits per heavy atom. The number of aromatic nitrogens is 2. The van der Waals surface area contributed by atoms with Gasteiger partial charge in [0.05, 0.1) is 6.54 Å². The molecule has 0 atom stereocenters. The van der Waals surface area contributed by atoms with E-state index in [-0.39, 0.29) is 12.5 Å². The molecule has 1 rings (SSSR count). The van der Waals surface area contributed by atoms with Crippen LogP contribution in [-0.4, -0.2) is 34.8 Å². The third kappa shape index (κ3) is 4.48. The van der Waals surface area contributed by atoms with Crippen LogP contribution in [-0.2, 0) is 0 Å². The molecule has 0 unspecified atom stereocenters. The van der Waals surface area contributed by atoms with E-state index < -0.39 is 6.43 Å². The summed E-state index contributed by atoms with van der Waals surface area (Å²) in [5.41, 5.74) is 0.803. The summed E-state index contributed by atoms with van der Waals surface area (Å²) in [6.07, 6.45) is -2.37. The first-order chi connectivity index (χ1) is 8.43. The second-order valence-electron chi connectivity index (χ2n) is 4.41. The topological polar surface area (TPSA) is 29.0 Å². The minimum absolute atomic E-state index is 0.182. The Morgan fingerprint density at radius 3 is 2.50 bits per heavy atom. The van der Waals surface area contributed by atoms with Gasteiger partial charge in [-0.15, -0.1) is 0 Å². The van der Waals surface area contributed by atoms with E-state index in [9.17, 15) is 8.78 Å². The molecule has 102 valence electrons. The molecule has 0 radical (unpaired) electrons. The SMILES string of the molecule is Cc1cc(N(CCBr)CC(F)F)nc(C(C)C)n1. The zero-order valence-electron chi connectivity index (χ0n) is 10.8. The Labute approximate surface area is 115 Å². The van der Waals surface area contributed by atoms with Crippen molar-refractivity contribution in [3.05, 3.63) is 17.6 Å². The maximum absolute atomic E-state index is 12.6. The van der Waals surface area contributed by atoms with Gasteiger partial charge in [0.15, 0.2) is 0 Å². The normalized spacial score (nSPS) is 11.3. The summed E-state index contributed by atoms with van der Waals surface area (Å²) in [6.45, 7) is 6.02. The molecule has 0 N–H and O–H groups in total. The summed E-state index contributed by atoms with van der Waals surface area (Å²) in [5, 5.41) is 0.625. The van der Waals surface area contributed by atoms with Crippen LogP contribution in [0.15, 0.2) is 6.07 Å². The van der Waals surface area contributed by atoms with Crippen molar-refractivity contribution < 1.29 is 8.78 Å². The largest absolute Gasteiger partial charge is 0.350 e. The van der Waals surface area contributed by atoms with E-state index >= 15 is 0 Å². The number of hydrogen-bond donors (Lipinski definition) is 0. The fourth-order valence-corrected chi connectivity index (χ4v) is 1.99. The summed E-state index contributed by atoms with van der Waals surface area (Å²) in [5.74, 6) is 1.45. The monoisotopic (exact) mass is 321 g/mol. The second-order valence-corrected chi connectivity index (χ2v) is 5.20. The van der Waals surface area contributed by atoms with Gasteiger partial charge in [0.25, 0.3) is 6.43 Å². The van der Waals surface area contributed by atoms with Crippen LogP contribution in [0.3, 0.4) is 0 Å². The predicted molar refractivity (Wildman–Crippen MR) is 72.9 cm³/mol. The molecule has 0 aliphatic carbocycles. The number of halogens is 3. The Hall–Kier alpha value is -0.780. The van der Waals surface area contributed by atoms with Gasteiger partial charge in [-0.1, -0.05) is 29.8 Å². The van der Waals surface area contributed by atoms with Gasteiger partial charge in [-0.05, 0) is 6.92 Å². The quantitative estimate of drug-likeness (QED) is 0.752. The van der Waals surface area contributed by atoms with Crippen LogP contribution < -0.4 is 4.90 Å². The van der Waals surface area contributed by atoms with Crippen molar-refractivity contribution in [3.63, 3.8) is 0 Å². The van der Waals surface area contributed by atoms with E-state index in [1.807, 2.05) is 20.8 Å². The van der Waals surface area contributed by atoms with Crippen LogP contribution in [0.2, 0.25) is 0 Å². The Bertz CT molecular complexity index is 386. The lowest BCUT2D eigenvalue weighted by Gasteiger charge is -2.23. The molecule has 1 aromatic rings. The van der Waals surface area contributed by atoms with Crippen LogP contribution >= 0.6 is 15.9 Å². The Balaban J connectivity index is 3.02. The number of anilines is 1. The zero-order valence-corrected chi connectivity index (χ0v) is 12.4. The van der Waals surface area contributed by atoms with Crippen molar-refractivity contribution in [3.8, 4) is 0 Å². The molecule has 18 heavy (non-hydrogen) atoms. The van der Waals surface area contributed by atoms with E-state index in [1.54, 1.807) is 11.0 Å². The summed E-state index contributed by atoms with van der Waals surface area (Å²) >= 11 is 3.27. The molecule has 1 aromatic heterocycles. The van der Waals surface area contributed by atoms with E-state index in [0.717, 1.165) is 5.69 Å². The third-order valence-electron chi connectivity index (χ3n) is 2.41. The lowest BCUT2D eigenvalue weighted by atomic mass is 10.2. The van der Waals surface area contributed by atoms with Gasteiger partial charge in [0.1, 0.15) is 11.6 Å². The standard InChI is InChI=1S/C12H18BrF2N3/c1-8(2)12-16-9(3)6-11(17-12)18(5-4-13)7-10(14)15/h6,8,10H,4-5,7H2,1-3H3. The van der Waals surface area contributed by atoms with Crippen LogP contribution in [0, 0.1) is 6.92 Å². The summed E-state index contributed by atoms with van der Waals surface area (Å²) in [7, 11) is 0. The van der Waals surface area contributed by atoms with Crippen LogP contribution in [0.1, 0.15) is 31.3 Å². The first-order valence-corrected chi connectivity index (χ1v) is 7.00. The van der Waals surface area contributed by atoms with Crippen LogP contribution in [0.4, 0.5) is 14.6 Å². The fourth-order valence-electron chi connectivity index (χ4n) is 1.56. The van der Waals surface area contributed by atoms with Crippen molar-refractivity contribution in [2.75, 3.05) is 23.3 Å². The maximum Gasteiger partial charge on any atom is 0.255 e. The molecule has 0 aliphatic rings. The third-order valence-corrected chi connectivity index (χ3v) is 2.77. The molecular formula is C12H18BrF2N3. The van der Waals surface area contributed by atoms with E-state index in [1.165, 1.54) is 0 Å². The average molecular weight is 322 g/mol. The summed E-state index contributed by atoms with van der Waals surface area (Å²) in [6, 6.07) is 1.75. The van der Waals surface area contributed by atoms with Gasteiger partial charge < -0.3 is 4.90 Å². The molecule has 0 bridgehead atoms. The molecule has 0 saturated heterocycles. The maximum atomic E-state index is 12.6. The molecule has 0 saturated carbocycles. The van der Waals surface area contributed by atoms with Gasteiger partial charge in [0, 0.05) is 29.6 Å². The first kappa shape index (κ1) is 15.3. The highest BCUT2D eigenvalue weighted by Gasteiger charge is 2.15. The van der Waals surface area contributed by atoms with Crippen molar-refractivity contribution in [1.29, 1.82) is 0 Å². The first-order valence-electron chi connectivity index (χ1n) is 5.88. The second kappa shape index (κ2) is 6.97. The van der Waals surface area contributed by atoms with Gasteiger partial charge in [-0.3, -0.25) is 0 Å². The van der Waals surface area contributed by atoms with Crippen molar-refractivity contribution in [2.24, 2.45) is 0 Å². The van der Waals surface area contributed by atoms with E-state index in [0.29, 0.717) is 23.5 Å². The van der Waals surface area contributed by atoms with Gasteiger partial charge in [-0.25, -0.2) is 18.7 Å². The minimum atomic E-state index is -2.37. The number of rotatable bonds is 6. The highest BCUT2D eigenvalue weighted by molar-refractivity contribution is 9.09. The molecule has 0 fully saturated rings. The molecular weight excluding hydrogens is 304 g/mol. The summed E-state index contributed by atoms with van der Waals surface area (Å²) in [4.78, 5) is 10.3. The Kier molecular flexibility index (Phi) is 5.91. The molecule has 0 amide bonds. The van der Waals surface area contributed by atoms with E-state index in [2.05, 4.69) is 25.9 Å². The van der Waals surface area contributed by atoms with Crippen molar-refractivity contribution in [1.82, 2.24) is 9.97 Å². The van der Waals surface area contributed by atoms with Crippen LogP contribution in [0.5, 0.6) is 0 Å².